The van der Waals surface area contributed by atoms with Crippen LogP contribution in [0, 0.1) is 0 Å². The number of ether oxygens (including phenoxy) is 1. The monoisotopic (exact) mass is 307 g/mol. The molecule has 0 aromatic heterocycles. The van der Waals surface area contributed by atoms with Gasteiger partial charge in [0.05, 0.1) is 5.69 Å². The Kier molecular flexibility index (Phi) is 7.22. The van der Waals surface area contributed by atoms with Crippen molar-refractivity contribution in [1.29, 1.82) is 0 Å². The number of hydrogen-bond acceptors (Lipinski definition) is 4. The fourth-order valence-corrected chi connectivity index (χ4v) is 1.85. The molecule has 1 aromatic carbocycles. The Morgan fingerprint density at radius 1 is 1.32 bits per heavy atom. The smallest absolute Gasteiger partial charge is 0.260 e. The molecule has 0 aliphatic heterocycles. The van der Waals surface area contributed by atoms with Gasteiger partial charge >= 0.3 is 0 Å². The molecule has 0 radical (unpaired) electrons. The number of benzene rings is 1. The number of nitrogens with two attached hydrogens (primary N) is 1. The molecular formula is C16H25N3O3. The maximum absolute atomic E-state index is 11.9. The second-order valence-electron chi connectivity index (χ2n) is 5.07. The zero-order valence-electron chi connectivity index (χ0n) is 13.5. The van der Waals surface area contributed by atoms with E-state index in [0.717, 1.165) is 12.8 Å². The lowest BCUT2D eigenvalue weighted by Crippen LogP contribution is -2.32. The van der Waals surface area contributed by atoms with Crippen LogP contribution in [0.25, 0.3) is 0 Å². The SMILES string of the molecule is CCCCN(C)C(=O)COc1ccc(C(=O)NCC)cc1N. The van der Waals surface area contributed by atoms with Crippen LogP contribution in [-0.4, -0.2) is 43.5 Å². The van der Waals surface area contributed by atoms with Crippen molar-refractivity contribution in [2.75, 3.05) is 32.5 Å². The predicted molar refractivity (Wildman–Crippen MR) is 86.9 cm³/mol. The van der Waals surface area contributed by atoms with Gasteiger partial charge in [-0.15, -0.1) is 0 Å². The predicted octanol–water partition coefficient (Wildman–Crippen LogP) is 1.66. The van der Waals surface area contributed by atoms with E-state index in [4.69, 9.17) is 10.5 Å². The summed E-state index contributed by atoms with van der Waals surface area (Å²) in [6.07, 6.45) is 2.00. The first kappa shape index (κ1) is 17.8. The van der Waals surface area contributed by atoms with E-state index in [-0.39, 0.29) is 18.4 Å². The van der Waals surface area contributed by atoms with Crippen molar-refractivity contribution in [2.24, 2.45) is 0 Å². The normalized spacial score (nSPS) is 10.1. The number of amides is 2. The molecule has 22 heavy (non-hydrogen) atoms. The minimum Gasteiger partial charge on any atom is -0.482 e. The standard InChI is InChI=1S/C16H25N3O3/c1-4-6-9-19(3)15(20)11-22-14-8-7-12(10-13(14)17)16(21)18-5-2/h7-8,10H,4-6,9,11,17H2,1-3H3,(H,18,21). The van der Waals surface area contributed by atoms with Crippen LogP contribution in [0.5, 0.6) is 5.75 Å². The number of likely N-dealkylation sites (N-methyl/N-ethyl adjacent to an activating group) is 1. The summed E-state index contributed by atoms with van der Waals surface area (Å²) in [4.78, 5) is 25.2. The molecule has 6 heteroatoms. The Hall–Kier alpha value is -2.24. The van der Waals surface area contributed by atoms with Crippen LogP contribution in [0.2, 0.25) is 0 Å². The number of hydrogen-bond donors (Lipinski definition) is 2. The average Bonchev–Trinajstić information content (AvgIpc) is 2.51. The number of rotatable bonds is 8. The van der Waals surface area contributed by atoms with Crippen molar-refractivity contribution in [2.45, 2.75) is 26.7 Å². The van der Waals surface area contributed by atoms with Gasteiger partial charge in [0, 0.05) is 25.7 Å². The van der Waals surface area contributed by atoms with Gasteiger partial charge in [0.1, 0.15) is 5.75 Å². The van der Waals surface area contributed by atoms with Gasteiger partial charge in [0.2, 0.25) is 0 Å². The summed E-state index contributed by atoms with van der Waals surface area (Å²) in [5.74, 6) is 0.127. The van der Waals surface area contributed by atoms with E-state index in [2.05, 4.69) is 12.2 Å². The van der Waals surface area contributed by atoms with Crippen LogP contribution < -0.4 is 15.8 Å². The van der Waals surface area contributed by atoms with E-state index in [0.29, 0.717) is 30.1 Å². The van der Waals surface area contributed by atoms with Crippen LogP contribution in [0.15, 0.2) is 18.2 Å². The number of unbranched alkanes of at least 4 members (excludes halogenated alkanes) is 1. The van der Waals surface area contributed by atoms with Crippen molar-refractivity contribution in [1.82, 2.24) is 10.2 Å². The molecule has 0 saturated carbocycles. The van der Waals surface area contributed by atoms with Gasteiger partial charge in [0.25, 0.3) is 11.8 Å². The number of anilines is 1. The molecule has 0 unspecified atom stereocenters. The fourth-order valence-electron chi connectivity index (χ4n) is 1.85. The van der Waals surface area contributed by atoms with Gasteiger partial charge in [-0.3, -0.25) is 9.59 Å². The van der Waals surface area contributed by atoms with Crippen molar-refractivity contribution < 1.29 is 14.3 Å². The molecule has 1 aromatic rings. The quantitative estimate of drug-likeness (QED) is 0.715. The third-order valence-corrected chi connectivity index (χ3v) is 3.23. The largest absolute Gasteiger partial charge is 0.482 e. The number of nitrogen functional groups attached to an aromatic ring is 1. The van der Waals surface area contributed by atoms with E-state index in [1.54, 1.807) is 30.1 Å². The molecule has 1 rings (SSSR count). The van der Waals surface area contributed by atoms with Gasteiger partial charge in [-0.1, -0.05) is 13.3 Å². The molecule has 0 spiro atoms. The molecule has 0 aliphatic rings. The molecule has 0 heterocycles. The van der Waals surface area contributed by atoms with Crippen LogP contribution in [-0.2, 0) is 4.79 Å². The summed E-state index contributed by atoms with van der Waals surface area (Å²) in [6, 6.07) is 4.78. The van der Waals surface area contributed by atoms with Crippen LogP contribution in [0.3, 0.4) is 0 Å². The molecule has 6 nitrogen and oxygen atoms in total. The maximum atomic E-state index is 11.9. The van der Waals surface area contributed by atoms with E-state index in [1.807, 2.05) is 6.92 Å². The summed E-state index contributed by atoms with van der Waals surface area (Å²) in [6.45, 7) is 5.12. The van der Waals surface area contributed by atoms with Gasteiger partial charge < -0.3 is 20.7 Å². The second kappa shape index (κ2) is 8.92. The van der Waals surface area contributed by atoms with Gasteiger partial charge in [-0.25, -0.2) is 0 Å². The topological polar surface area (TPSA) is 84.7 Å². The van der Waals surface area contributed by atoms with Crippen molar-refractivity contribution >= 4 is 17.5 Å². The van der Waals surface area contributed by atoms with E-state index in [9.17, 15) is 9.59 Å². The Balaban J connectivity index is 2.60. The Morgan fingerprint density at radius 3 is 2.64 bits per heavy atom. The Labute approximate surface area is 131 Å². The first-order valence-electron chi connectivity index (χ1n) is 7.54. The lowest BCUT2D eigenvalue weighted by atomic mass is 10.2. The van der Waals surface area contributed by atoms with Crippen LogP contribution in [0.4, 0.5) is 5.69 Å². The first-order chi connectivity index (χ1) is 10.5. The number of carbonyl (C=O) groups excluding carboxylic acids is 2. The summed E-state index contributed by atoms with van der Waals surface area (Å²) in [5.41, 5.74) is 6.68. The highest BCUT2D eigenvalue weighted by atomic mass is 16.5. The number of nitrogens with one attached hydrogen (secondary N) is 1. The van der Waals surface area contributed by atoms with E-state index in [1.165, 1.54) is 0 Å². The maximum Gasteiger partial charge on any atom is 0.260 e. The molecule has 122 valence electrons. The molecule has 0 fully saturated rings. The Morgan fingerprint density at radius 2 is 2.05 bits per heavy atom. The zero-order valence-corrected chi connectivity index (χ0v) is 13.5. The van der Waals surface area contributed by atoms with Gasteiger partial charge in [-0.2, -0.15) is 0 Å². The summed E-state index contributed by atoms with van der Waals surface area (Å²) < 4.78 is 5.45. The lowest BCUT2D eigenvalue weighted by molar-refractivity contribution is -0.132. The molecular weight excluding hydrogens is 282 g/mol. The molecule has 0 saturated heterocycles. The highest BCUT2D eigenvalue weighted by molar-refractivity contribution is 5.95. The minimum atomic E-state index is -0.184. The van der Waals surface area contributed by atoms with Crippen LogP contribution in [0.1, 0.15) is 37.0 Å². The summed E-state index contributed by atoms with van der Waals surface area (Å²) >= 11 is 0. The molecule has 2 amide bonds. The minimum absolute atomic E-state index is 0.0646. The van der Waals surface area contributed by atoms with E-state index >= 15 is 0 Å². The fraction of sp³-hybridized carbons (Fsp3) is 0.500. The van der Waals surface area contributed by atoms with E-state index < -0.39 is 0 Å². The first-order valence-corrected chi connectivity index (χ1v) is 7.54. The molecule has 0 aliphatic carbocycles. The lowest BCUT2D eigenvalue weighted by Gasteiger charge is -2.17. The third kappa shape index (κ3) is 5.27. The second-order valence-corrected chi connectivity index (χ2v) is 5.07. The van der Waals surface area contributed by atoms with Gasteiger partial charge in [-0.05, 0) is 31.5 Å². The highest BCUT2D eigenvalue weighted by Gasteiger charge is 2.12. The summed E-state index contributed by atoms with van der Waals surface area (Å²) in [5, 5.41) is 2.70. The van der Waals surface area contributed by atoms with Crippen molar-refractivity contribution in [3.8, 4) is 5.75 Å². The number of nitrogens with zero attached hydrogens (tertiary/aromatic N) is 1. The molecule has 3 N–H and O–H groups in total. The summed E-state index contributed by atoms with van der Waals surface area (Å²) in [7, 11) is 1.75. The molecule has 0 atom stereocenters. The van der Waals surface area contributed by atoms with Crippen molar-refractivity contribution in [3.63, 3.8) is 0 Å². The van der Waals surface area contributed by atoms with Gasteiger partial charge in [0.15, 0.2) is 6.61 Å². The van der Waals surface area contributed by atoms with Crippen LogP contribution >= 0.6 is 0 Å². The Bertz CT molecular complexity index is 517. The highest BCUT2D eigenvalue weighted by Crippen LogP contribution is 2.22. The molecule has 0 bridgehead atoms. The third-order valence-electron chi connectivity index (χ3n) is 3.23. The zero-order chi connectivity index (χ0) is 16.5. The number of carbonyl (C=O) groups is 2. The van der Waals surface area contributed by atoms with Crippen molar-refractivity contribution in [3.05, 3.63) is 23.8 Å². The average molecular weight is 307 g/mol.